The van der Waals surface area contributed by atoms with Gasteiger partial charge in [0.05, 0.1) is 18.3 Å². The average Bonchev–Trinajstić information content (AvgIpc) is 3.05. The monoisotopic (exact) mass is 389 g/mol. The van der Waals surface area contributed by atoms with Crippen molar-refractivity contribution in [3.05, 3.63) is 72.2 Å². The van der Waals surface area contributed by atoms with Crippen LogP contribution in [0.5, 0.6) is 0 Å². The maximum absolute atomic E-state index is 12.3. The van der Waals surface area contributed by atoms with E-state index in [9.17, 15) is 4.79 Å². The third kappa shape index (κ3) is 5.22. The number of amides is 1. The van der Waals surface area contributed by atoms with Gasteiger partial charge in [0.25, 0.3) is 0 Å². The van der Waals surface area contributed by atoms with Gasteiger partial charge in [0.2, 0.25) is 5.91 Å². The summed E-state index contributed by atoms with van der Waals surface area (Å²) >= 11 is 0. The van der Waals surface area contributed by atoms with E-state index in [0.717, 1.165) is 35.7 Å². The normalized spacial score (nSPS) is 14.4. The van der Waals surface area contributed by atoms with E-state index in [-0.39, 0.29) is 5.91 Å². The fraction of sp³-hybridized carbons (Fsp3) is 0.348. The minimum atomic E-state index is -0.0193. The highest BCUT2D eigenvalue weighted by molar-refractivity contribution is 5.78. The molecule has 29 heavy (non-hydrogen) atoms. The quantitative estimate of drug-likeness (QED) is 0.701. The largest absolute Gasteiger partial charge is 0.357 e. The first kappa shape index (κ1) is 19.2. The van der Waals surface area contributed by atoms with Gasteiger partial charge in [0.15, 0.2) is 0 Å². The predicted molar refractivity (Wildman–Crippen MR) is 114 cm³/mol. The van der Waals surface area contributed by atoms with Crippen LogP contribution in [-0.4, -0.2) is 33.8 Å². The molecule has 4 rings (SSSR count). The van der Waals surface area contributed by atoms with Crippen LogP contribution in [0.1, 0.15) is 36.8 Å². The Hall–Kier alpha value is -3.15. The molecule has 1 N–H and O–H groups in total. The van der Waals surface area contributed by atoms with Crippen LogP contribution < -0.4 is 10.2 Å². The fourth-order valence-corrected chi connectivity index (χ4v) is 3.63. The minimum Gasteiger partial charge on any atom is -0.357 e. The lowest BCUT2D eigenvalue weighted by Crippen LogP contribution is -2.26. The molecule has 3 heterocycles. The Morgan fingerprint density at radius 3 is 2.45 bits per heavy atom. The van der Waals surface area contributed by atoms with Crippen LogP contribution >= 0.6 is 0 Å². The van der Waals surface area contributed by atoms with Crippen molar-refractivity contribution in [1.82, 2.24) is 20.1 Å². The number of pyridine rings is 1. The second-order valence-corrected chi connectivity index (χ2v) is 7.51. The molecular formula is C23H27N5O. The first-order valence-corrected chi connectivity index (χ1v) is 10.3. The number of nitrogens with zero attached hydrogens (tertiary/aromatic N) is 4. The van der Waals surface area contributed by atoms with E-state index in [1.54, 1.807) is 10.9 Å². The van der Waals surface area contributed by atoms with Gasteiger partial charge in [-0.2, -0.15) is 5.10 Å². The first-order chi connectivity index (χ1) is 14.3. The van der Waals surface area contributed by atoms with Crippen LogP contribution in [0.25, 0.3) is 5.69 Å². The van der Waals surface area contributed by atoms with Crippen LogP contribution in [0.15, 0.2) is 61.1 Å². The topological polar surface area (TPSA) is 63.1 Å². The molecule has 1 aliphatic heterocycles. The number of benzene rings is 1. The molecular weight excluding hydrogens is 362 g/mol. The molecule has 2 aromatic heterocycles. The summed E-state index contributed by atoms with van der Waals surface area (Å²) in [5.74, 6) is 1.02. The average molecular weight is 390 g/mol. The summed E-state index contributed by atoms with van der Waals surface area (Å²) < 4.78 is 1.79. The van der Waals surface area contributed by atoms with Crippen molar-refractivity contribution in [2.45, 2.75) is 38.6 Å². The summed E-state index contributed by atoms with van der Waals surface area (Å²) in [5.41, 5.74) is 2.88. The second-order valence-electron chi connectivity index (χ2n) is 7.51. The van der Waals surface area contributed by atoms with Crippen LogP contribution in [0, 0.1) is 0 Å². The van der Waals surface area contributed by atoms with E-state index in [1.807, 2.05) is 42.7 Å². The van der Waals surface area contributed by atoms with Gasteiger partial charge in [0.1, 0.15) is 5.82 Å². The summed E-state index contributed by atoms with van der Waals surface area (Å²) in [5, 5.41) is 7.32. The van der Waals surface area contributed by atoms with E-state index in [1.165, 1.54) is 25.7 Å². The van der Waals surface area contributed by atoms with Gasteiger partial charge in [-0.15, -0.1) is 0 Å². The van der Waals surface area contributed by atoms with Crippen molar-refractivity contribution in [3.8, 4) is 5.69 Å². The summed E-state index contributed by atoms with van der Waals surface area (Å²) in [6.45, 7) is 2.65. The van der Waals surface area contributed by atoms with Gasteiger partial charge in [0, 0.05) is 32.0 Å². The van der Waals surface area contributed by atoms with E-state index in [0.29, 0.717) is 13.0 Å². The van der Waals surface area contributed by atoms with Gasteiger partial charge in [-0.3, -0.25) is 4.79 Å². The maximum atomic E-state index is 12.3. The SMILES string of the molecule is O=C(Cc1cnn(-c2ccccc2)c1)NCc1ccc(N2CCCCCC2)nc1. The number of hydrogen-bond acceptors (Lipinski definition) is 4. The molecule has 1 fully saturated rings. The number of hydrogen-bond donors (Lipinski definition) is 1. The lowest BCUT2D eigenvalue weighted by atomic mass is 10.2. The molecule has 1 amide bonds. The molecule has 6 heteroatoms. The number of carbonyl (C=O) groups is 1. The molecule has 1 aliphatic rings. The summed E-state index contributed by atoms with van der Waals surface area (Å²) in [6.07, 6.45) is 10.9. The lowest BCUT2D eigenvalue weighted by Gasteiger charge is -2.21. The third-order valence-electron chi connectivity index (χ3n) is 5.25. The summed E-state index contributed by atoms with van der Waals surface area (Å²) in [7, 11) is 0. The number of nitrogens with one attached hydrogen (secondary N) is 1. The molecule has 0 atom stereocenters. The molecule has 3 aromatic rings. The van der Waals surface area contributed by atoms with E-state index >= 15 is 0 Å². The Kier molecular flexibility index (Phi) is 6.19. The number of aromatic nitrogens is 3. The second kappa shape index (κ2) is 9.37. The summed E-state index contributed by atoms with van der Waals surface area (Å²) in [4.78, 5) is 19.3. The lowest BCUT2D eigenvalue weighted by molar-refractivity contribution is -0.120. The minimum absolute atomic E-state index is 0.0193. The molecule has 6 nitrogen and oxygen atoms in total. The molecule has 150 valence electrons. The van der Waals surface area contributed by atoms with Crippen molar-refractivity contribution in [2.75, 3.05) is 18.0 Å². The molecule has 1 saturated heterocycles. The Bertz CT molecular complexity index is 912. The van der Waals surface area contributed by atoms with Crippen molar-refractivity contribution < 1.29 is 4.79 Å². The fourth-order valence-electron chi connectivity index (χ4n) is 3.63. The van der Waals surface area contributed by atoms with Crippen LogP contribution in [0.2, 0.25) is 0 Å². The first-order valence-electron chi connectivity index (χ1n) is 10.3. The van der Waals surface area contributed by atoms with E-state index in [2.05, 4.69) is 32.4 Å². The Morgan fingerprint density at radius 1 is 0.931 bits per heavy atom. The number of carbonyl (C=O) groups excluding carboxylic acids is 1. The van der Waals surface area contributed by atoms with Crippen LogP contribution in [0.4, 0.5) is 5.82 Å². The van der Waals surface area contributed by atoms with Crippen molar-refractivity contribution >= 4 is 11.7 Å². The number of para-hydroxylation sites is 1. The van der Waals surface area contributed by atoms with Crippen molar-refractivity contribution in [3.63, 3.8) is 0 Å². The van der Waals surface area contributed by atoms with Gasteiger partial charge >= 0.3 is 0 Å². The maximum Gasteiger partial charge on any atom is 0.224 e. The highest BCUT2D eigenvalue weighted by Gasteiger charge is 2.11. The highest BCUT2D eigenvalue weighted by Crippen LogP contribution is 2.17. The predicted octanol–water partition coefficient (Wildman–Crippen LogP) is 3.51. The number of rotatable bonds is 6. The highest BCUT2D eigenvalue weighted by atomic mass is 16.1. The molecule has 0 bridgehead atoms. The van der Waals surface area contributed by atoms with E-state index < -0.39 is 0 Å². The van der Waals surface area contributed by atoms with Gasteiger partial charge in [-0.05, 0) is 42.2 Å². The van der Waals surface area contributed by atoms with E-state index in [4.69, 9.17) is 0 Å². The van der Waals surface area contributed by atoms with Gasteiger partial charge < -0.3 is 10.2 Å². The Balaban J connectivity index is 1.28. The standard InChI is InChI=1S/C23H27N5O/c29-23(14-20-17-26-28(18-20)21-8-4-3-5-9-21)25-16-19-10-11-22(24-15-19)27-12-6-1-2-7-13-27/h3-5,8-11,15,17-18H,1-2,6-7,12-14,16H2,(H,25,29). The van der Waals surface area contributed by atoms with Crippen molar-refractivity contribution in [2.24, 2.45) is 0 Å². The van der Waals surface area contributed by atoms with Crippen LogP contribution in [0.3, 0.4) is 0 Å². The van der Waals surface area contributed by atoms with Gasteiger partial charge in [-0.25, -0.2) is 9.67 Å². The third-order valence-corrected chi connectivity index (χ3v) is 5.25. The molecule has 0 radical (unpaired) electrons. The molecule has 0 saturated carbocycles. The van der Waals surface area contributed by atoms with Gasteiger partial charge in [-0.1, -0.05) is 37.1 Å². The zero-order valence-corrected chi connectivity index (χ0v) is 16.6. The van der Waals surface area contributed by atoms with Crippen LogP contribution in [-0.2, 0) is 17.8 Å². The Labute approximate surface area is 171 Å². The molecule has 0 spiro atoms. The zero-order chi connectivity index (χ0) is 19.9. The summed E-state index contributed by atoms with van der Waals surface area (Å²) in [6, 6.07) is 14.0. The smallest absolute Gasteiger partial charge is 0.224 e. The molecule has 1 aromatic carbocycles. The number of anilines is 1. The van der Waals surface area contributed by atoms with Crippen molar-refractivity contribution in [1.29, 1.82) is 0 Å². The zero-order valence-electron chi connectivity index (χ0n) is 16.6. The molecule has 0 unspecified atom stereocenters. The molecule has 0 aliphatic carbocycles. The Morgan fingerprint density at radius 2 is 1.72 bits per heavy atom.